The molecule has 2 aromatic heterocycles. The number of carbonyl (C=O) groups excluding carboxylic acids is 1. The molecule has 0 saturated carbocycles. The Morgan fingerprint density at radius 2 is 2.16 bits per heavy atom. The Balaban J connectivity index is 1.52. The third-order valence-electron chi connectivity index (χ3n) is 5.92. The van der Waals surface area contributed by atoms with Crippen LogP contribution in [0.4, 0.5) is 16.0 Å². The molecular formula is C24H24FN5O2. The van der Waals surface area contributed by atoms with E-state index in [9.17, 15) is 9.18 Å². The maximum absolute atomic E-state index is 14.8. The summed E-state index contributed by atoms with van der Waals surface area (Å²) in [5.41, 5.74) is 2.84. The van der Waals surface area contributed by atoms with Crippen molar-refractivity contribution in [2.45, 2.75) is 25.9 Å². The Hall–Kier alpha value is -3.52. The number of hydrogen-bond acceptors (Lipinski definition) is 6. The fourth-order valence-electron chi connectivity index (χ4n) is 4.38. The number of amides is 1. The topological polar surface area (TPSA) is 79.4 Å². The highest BCUT2D eigenvalue weighted by atomic mass is 19.1. The highest BCUT2D eigenvalue weighted by Crippen LogP contribution is 2.38. The minimum Gasteiger partial charge on any atom is -0.496 e. The lowest BCUT2D eigenvalue weighted by atomic mass is 10.0. The first-order chi connectivity index (χ1) is 15.5. The van der Waals surface area contributed by atoms with Gasteiger partial charge in [0.15, 0.2) is 0 Å². The van der Waals surface area contributed by atoms with Crippen molar-refractivity contribution in [2.24, 2.45) is 0 Å². The number of anilines is 2. The molecular weight excluding hydrogens is 409 g/mol. The Morgan fingerprint density at radius 1 is 1.28 bits per heavy atom. The zero-order chi connectivity index (χ0) is 22.2. The molecule has 2 aliphatic rings. The zero-order valence-electron chi connectivity index (χ0n) is 18.0. The number of carbonyl (C=O) groups is 1. The van der Waals surface area contributed by atoms with Crippen LogP contribution in [0.1, 0.15) is 27.9 Å². The van der Waals surface area contributed by atoms with Crippen LogP contribution in [0.2, 0.25) is 0 Å². The molecule has 1 fully saturated rings. The van der Waals surface area contributed by atoms with Gasteiger partial charge in [-0.25, -0.2) is 9.37 Å². The van der Waals surface area contributed by atoms with E-state index in [2.05, 4.69) is 15.6 Å². The van der Waals surface area contributed by atoms with E-state index in [4.69, 9.17) is 9.72 Å². The van der Waals surface area contributed by atoms with Crippen molar-refractivity contribution in [1.29, 1.82) is 0 Å². The molecule has 4 heterocycles. The van der Waals surface area contributed by atoms with Gasteiger partial charge in [-0.2, -0.15) is 0 Å². The summed E-state index contributed by atoms with van der Waals surface area (Å²) in [6.45, 7) is 4.11. The average Bonchev–Trinajstić information content (AvgIpc) is 3.41. The highest BCUT2D eigenvalue weighted by molar-refractivity contribution is 6.10. The number of aromatic nitrogens is 2. The summed E-state index contributed by atoms with van der Waals surface area (Å²) in [6.07, 6.45) is 2.56. The van der Waals surface area contributed by atoms with Gasteiger partial charge in [-0.15, -0.1) is 0 Å². The Kier molecular flexibility index (Phi) is 5.22. The average molecular weight is 433 g/mol. The maximum Gasteiger partial charge on any atom is 0.260 e. The molecule has 8 heteroatoms. The van der Waals surface area contributed by atoms with Gasteiger partial charge in [-0.05, 0) is 55.8 Å². The Morgan fingerprint density at radius 3 is 2.94 bits per heavy atom. The molecule has 2 aliphatic heterocycles. The summed E-state index contributed by atoms with van der Waals surface area (Å²) in [6, 6.07) is 10.5. The number of fused-ring (bicyclic) bond motifs is 1. The molecule has 32 heavy (non-hydrogen) atoms. The van der Waals surface area contributed by atoms with Gasteiger partial charge in [-0.1, -0.05) is 6.07 Å². The van der Waals surface area contributed by atoms with E-state index >= 15 is 0 Å². The molecule has 1 atom stereocenters. The molecule has 164 valence electrons. The number of hydrogen-bond donors (Lipinski definition) is 2. The van der Waals surface area contributed by atoms with Gasteiger partial charge in [-0.3, -0.25) is 14.7 Å². The first-order valence-corrected chi connectivity index (χ1v) is 10.6. The third kappa shape index (κ3) is 3.56. The fourth-order valence-corrected chi connectivity index (χ4v) is 4.38. The molecule has 2 N–H and O–H groups in total. The smallest absolute Gasteiger partial charge is 0.260 e. The standard InChI is InChI=1S/C24H24FN5O2/c1-14-10-20(28-15-6-8-26-12-15)29-21(11-14)30-13-17-16(24(30)31)7-9-27-23(17)22-18(25)4-3-5-19(22)32-2/h3-5,7,9-11,15,26H,6,8,12-13H2,1-2H3,(H,28,29)/t15-/m0/s1. The lowest BCUT2D eigenvalue weighted by molar-refractivity contribution is 0.0996. The normalized spacial score (nSPS) is 17.5. The summed E-state index contributed by atoms with van der Waals surface area (Å²) >= 11 is 0. The lowest BCUT2D eigenvalue weighted by Crippen LogP contribution is -2.26. The monoisotopic (exact) mass is 433 g/mol. The van der Waals surface area contributed by atoms with Gasteiger partial charge in [0.2, 0.25) is 0 Å². The molecule has 7 nitrogen and oxygen atoms in total. The maximum atomic E-state index is 14.8. The molecule has 0 aliphatic carbocycles. The second-order valence-electron chi connectivity index (χ2n) is 8.12. The number of pyridine rings is 2. The van der Waals surface area contributed by atoms with Gasteiger partial charge < -0.3 is 15.4 Å². The van der Waals surface area contributed by atoms with Crippen LogP contribution in [0.5, 0.6) is 5.75 Å². The number of nitrogens with one attached hydrogen (secondary N) is 2. The van der Waals surface area contributed by atoms with Crippen LogP contribution in [0.15, 0.2) is 42.6 Å². The minimum absolute atomic E-state index is 0.175. The van der Waals surface area contributed by atoms with Gasteiger partial charge in [0.1, 0.15) is 23.2 Å². The molecule has 0 bridgehead atoms. The summed E-state index contributed by atoms with van der Waals surface area (Å²) < 4.78 is 20.1. The quantitative estimate of drug-likeness (QED) is 0.641. The number of nitrogens with zero attached hydrogens (tertiary/aromatic N) is 3. The zero-order valence-corrected chi connectivity index (χ0v) is 18.0. The van der Waals surface area contributed by atoms with Crippen molar-refractivity contribution >= 4 is 17.5 Å². The highest BCUT2D eigenvalue weighted by Gasteiger charge is 2.33. The number of halogens is 1. The van der Waals surface area contributed by atoms with Crippen LogP contribution < -0.4 is 20.3 Å². The Bertz CT molecular complexity index is 1190. The minimum atomic E-state index is -0.443. The van der Waals surface area contributed by atoms with Crippen molar-refractivity contribution in [3.05, 3.63) is 65.1 Å². The molecule has 1 amide bonds. The van der Waals surface area contributed by atoms with Gasteiger partial charge in [0.05, 0.1) is 24.9 Å². The van der Waals surface area contributed by atoms with Crippen LogP contribution >= 0.6 is 0 Å². The third-order valence-corrected chi connectivity index (χ3v) is 5.92. The van der Waals surface area contributed by atoms with E-state index in [-0.39, 0.29) is 18.0 Å². The van der Waals surface area contributed by atoms with Crippen molar-refractivity contribution in [3.63, 3.8) is 0 Å². The van der Waals surface area contributed by atoms with Crippen LogP contribution in [0.3, 0.4) is 0 Å². The van der Waals surface area contributed by atoms with Crippen LogP contribution in [0.25, 0.3) is 11.3 Å². The predicted octanol–water partition coefficient (Wildman–Crippen LogP) is 3.53. The second-order valence-corrected chi connectivity index (χ2v) is 8.12. The van der Waals surface area contributed by atoms with E-state index in [0.29, 0.717) is 34.4 Å². The summed E-state index contributed by atoms with van der Waals surface area (Å²) in [5.74, 6) is 1.06. The van der Waals surface area contributed by atoms with Gasteiger partial charge >= 0.3 is 0 Å². The molecule has 3 aromatic rings. The van der Waals surface area contributed by atoms with E-state index in [0.717, 1.165) is 30.9 Å². The van der Waals surface area contributed by atoms with Crippen molar-refractivity contribution < 1.29 is 13.9 Å². The molecule has 0 spiro atoms. The van der Waals surface area contributed by atoms with E-state index in [1.165, 1.54) is 19.4 Å². The first-order valence-electron chi connectivity index (χ1n) is 10.6. The van der Waals surface area contributed by atoms with E-state index in [1.807, 2.05) is 19.1 Å². The van der Waals surface area contributed by atoms with Crippen molar-refractivity contribution in [2.75, 3.05) is 30.4 Å². The van der Waals surface area contributed by atoms with E-state index < -0.39 is 5.82 Å². The second kappa shape index (κ2) is 8.20. The number of benzene rings is 1. The fraction of sp³-hybridized carbons (Fsp3) is 0.292. The number of rotatable bonds is 5. The number of ether oxygens (including phenoxy) is 1. The summed E-state index contributed by atoms with van der Waals surface area (Å²) in [7, 11) is 1.49. The molecule has 0 unspecified atom stereocenters. The molecule has 0 radical (unpaired) electrons. The van der Waals surface area contributed by atoms with Gasteiger partial charge in [0.25, 0.3) is 5.91 Å². The number of aryl methyl sites for hydroxylation is 1. The predicted molar refractivity (Wildman–Crippen MR) is 121 cm³/mol. The van der Waals surface area contributed by atoms with Crippen LogP contribution in [-0.4, -0.2) is 42.1 Å². The summed E-state index contributed by atoms with van der Waals surface area (Å²) in [5, 5.41) is 6.78. The lowest BCUT2D eigenvalue weighted by Gasteiger charge is -2.19. The molecule has 1 aromatic carbocycles. The number of methoxy groups -OCH3 is 1. The first kappa shape index (κ1) is 20.4. The molecule has 1 saturated heterocycles. The van der Waals surface area contributed by atoms with Crippen LogP contribution in [0, 0.1) is 12.7 Å². The van der Waals surface area contributed by atoms with Crippen molar-refractivity contribution in [3.8, 4) is 17.0 Å². The van der Waals surface area contributed by atoms with Gasteiger partial charge in [0, 0.05) is 29.9 Å². The van der Waals surface area contributed by atoms with E-state index in [1.54, 1.807) is 23.1 Å². The largest absolute Gasteiger partial charge is 0.496 e. The van der Waals surface area contributed by atoms with Crippen LogP contribution in [-0.2, 0) is 6.54 Å². The Labute approximate surface area is 185 Å². The summed E-state index contributed by atoms with van der Waals surface area (Å²) in [4.78, 5) is 24.0. The molecule has 5 rings (SSSR count). The van der Waals surface area contributed by atoms with Crippen molar-refractivity contribution in [1.82, 2.24) is 15.3 Å². The SMILES string of the molecule is COc1cccc(F)c1-c1nccc2c1CN(c1cc(C)cc(N[C@H]3CCNC3)n1)C2=O.